The Labute approximate surface area is 224 Å². The Morgan fingerprint density at radius 2 is 1.11 bits per heavy atom. The minimum atomic E-state index is 0.928. The summed E-state index contributed by atoms with van der Waals surface area (Å²) in [5, 5.41) is 7.38. The monoisotopic (exact) mass is 502 g/mol. The first kappa shape index (κ1) is 21.4. The number of fused-ring (bicyclic) bond motifs is 6. The standard InChI is InChI=1S/C36H22OS/c1-2-10-23(11-3-1)26-13-6-7-15-28(26)36-30-17-9-8-16-29(30)35(38-36)25-18-20-31-33(22-25)37-32-21-19-24-12-4-5-14-27(24)34(31)32/h1-22H. The topological polar surface area (TPSA) is 13.1 Å². The van der Waals surface area contributed by atoms with Crippen LogP contribution in [0.3, 0.4) is 0 Å². The minimum Gasteiger partial charge on any atom is -0.456 e. The van der Waals surface area contributed by atoms with Crippen LogP contribution in [0, 0.1) is 0 Å². The first-order chi connectivity index (χ1) is 18.8. The lowest BCUT2D eigenvalue weighted by Crippen LogP contribution is -1.82. The Morgan fingerprint density at radius 3 is 1.95 bits per heavy atom. The largest absolute Gasteiger partial charge is 0.456 e. The van der Waals surface area contributed by atoms with Gasteiger partial charge in [-0.3, -0.25) is 0 Å². The van der Waals surface area contributed by atoms with Gasteiger partial charge in [0.2, 0.25) is 0 Å². The maximum absolute atomic E-state index is 6.41. The Hall–Kier alpha value is -4.66. The van der Waals surface area contributed by atoms with Crippen molar-refractivity contribution in [3.05, 3.63) is 133 Å². The lowest BCUT2D eigenvalue weighted by Gasteiger charge is -2.09. The summed E-state index contributed by atoms with van der Waals surface area (Å²) in [5.41, 5.74) is 6.80. The average Bonchev–Trinajstić information content (AvgIpc) is 3.56. The lowest BCUT2D eigenvalue weighted by atomic mass is 9.96. The van der Waals surface area contributed by atoms with Gasteiger partial charge in [-0.2, -0.15) is 0 Å². The van der Waals surface area contributed by atoms with Crippen molar-refractivity contribution in [2.75, 3.05) is 0 Å². The fraction of sp³-hybridized carbons (Fsp3) is 0. The zero-order chi connectivity index (χ0) is 25.1. The van der Waals surface area contributed by atoms with E-state index in [2.05, 4.69) is 133 Å². The molecule has 1 nitrogen and oxygen atoms in total. The lowest BCUT2D eigenvalue weighted by molar-refractivity contribution is 0.669. The predicted octanol–water partition coefficient (Wildman–Crippen LogP) is 11.0. The summed E-state index contributed by atoms with van der Waals surface area (Å²) in [6, 6.07) is 47.6. The molecule has 0 aliphatic carbocycles. The number of thiophene rings is 1. The SMILES string of the molecule is c1ccc(-c2ccccc2-c2sc(-c3ccc4c(c3)oc3ccc5ccccc5c34)c3ccccc23)cc1. The van der Waals surface area contributed by atoms with E-state index in [0.29, 0.717) is 0 Å². The van der Waals surface area contributed by atoms with Crippen molar-refractivity contribution in [1.29, 1.82) is 0 Å². The molecule has 0 N–H and O–H groups in total. The summed E-state index contributed by atoms with van der Waals surface area (Å²) < 4.78 is 6.41. The van der Waals surface area contributed by atoms with Crippen LogP contribution in [0.15, 0.2) is 138 Å². The molecule has 0 bridgehead atoms. The molecule has 0 saturated heterocycles. The smallest absolute Gasteiger partial charge is 0.136 e. The minimum absolute atomic E-state index is 0.928. The third-order valence-electron chi connectivity index (χ3n) is 7.50. The third kappa shape index (κ3) is 3.24. The van der Waals surface area contributed by atoms with Crippen LogP contribution in [0.4, 0.5) is 0 Å². The Balaban J connectivity index is 1.35. The molecule has 2 heteroatoms. The summed E-state index contributed by atoms with van der Waals surface area (Å²) in [7, 11) is 0. The molecule has 38 heavy (non-hydrogen) atoms. The molecule has 0 saturated carbocycles. The molecule has 0 spiro atoms. The molecular weight excluding hydrogens is 480 g/mol. The van der Waals surface area contributed by atoms with Crippen LogP contribution in [-0.2, 0) is 0 Å². The molecule has 2 aromatic heterocycles. The van der Waals surface area contributed by atoms with E-state index in [1.807, 2.05) is 11.3 Å². The van der Waals surface area contributed by atoms with Crippen LogP contribution in [0.2, 0.25) is 0 Å². The zero-order valence-electron chi connectivity index (χ0n) is 20.5. The van der Waals surface area contributed by atoms with Gasteiger partial charge in [0.1, 0.15) is 11.2 Å². The fourth-order valence-corrected chi connectivity index (χ4v) is 7.06. The van der Waals surface area contributed by atoms with Crippen molar-refractivity contribution >= 4 is 54.8 Å². The van der Waals surface area contributed by atoms with E-state index in [0.717, 1.165) is 16.6 Å². The summed E-state index contributed by atoms with van der Waals surface area (Å²) in [4.78, 5) is 2.57. The van der Waals surface area contributed by atoms with Crippen LogP contribution >= 0.6 is 11.3 Å². The maximum atomic E-state index is 6.41. The molecule has 0 aliphatic heterocycles. The second-order valence-electron chi connectivity index (χ2n) is 9.69. The molecule has 178 valence electrons. The fourth-order valence-electron chi connectivity index (χ4n) is 5.74. The first-order valence-corrected chi connectivity index (χ1v) is 13.7. The van der Waals surface area contributed by atoms with Crippen molar-refractivity contribution < 1.29 is 4.42 Å². The van der Waals surface area contributed by atoms with Crippen LogP contribution in [0.25, 0.3) is 75.5 Å². The van der Waals surface area contributed by atoms with Gasteiger partial charge in [-0.15, -0.1) is 11.3 Å². The summed E-state index contributed by atoms with van der Waals surface area (Å²) >= 11 is 1.86. The molecule has 6 aromatic carbocycles. The molecule has 0 radical (unpaired) electrons. The number of rotatable bonds is 3. The Kier molecular flexibility index (Phi) is 4.76. The molecule has 8 rings (SSSR count). The van der Waals surface area contributed by atoms with Gasteiger partial charge in [0.05, 0.1) is 0 Å². The van der Waals surface area contributed by atoms with Crippen LogP contribution in [0.1, 0.15) is 0 Å². The quantitative estimate of drug-likeness (QED) is 0.234. The van der Waals surface area contributed by atoms with Crippen LogP contribution in [-0.4, -0.2) is 0 Å². The van der Waals surface area contributed by atoms with Crippen molar-refractivity contribution in [2.24, 2.45) is 0 Å². The van der Waals surface area contributed by atoms with Crippen molar-refractivity contribution in [1.82, 2.24) is 0 Å². The van der Waals surface area contributed by atoms with Gasteiger partial charge in [-0.25, -0.2) is 0 Å². The van der Waals surface area contributed by atoms with Gasteiger partial charge in [0.25, 0.3) is 0 Å². The number of furan rings is 1. The maximum Gasteiger partial charge on any atom is 0.136 e. The van der Waals surface area contributed by atoms with Gasteiger partial charge in [0, 0.05) is 36.9 Å². The highest BCUT2D eigenvalue weighted by molar-refractivity contribution is 7.21. The molecule has 0 amide bonds. The van der Waals surface area contributed by atoms with Crippen LogP contribution in [0.5, 0.6) is 0 Å². The normalized spacial score (nSPS) is 11.7. The highest BCUT2D eigenvalue weighted by Crippen LogP contribution is 2.47. The van der Waals surface area contributed by atoms with E-state index < -0.39 is 0 Å². The highest BCUT2D eigenvalue weighted by atomic mass is 32.1. The van der Waals surface area contributed by atoms with E-state index >= 15 is 0 Å². The van der Waals surface area contributed by atoms with Crippen molar-refractivity contribution in [3.8, 4) is 32.0 Å². The Morgan fingerprint density at radius 1 is 0.421 bits per heavy atom. The van der Waals surface area contributed by atoms with Gasteiger partial charge < -0.3 is 4.42 Å². The summed E-state index contributed by atoms with van der Waals surface area (Å²) in [6.07, 6.45) is 0. The van der Waals surface area contributed by atoms with E-state index in [9.17, 15) is 0 Å². The van der Waals surface area contributed by atoms with E-state index in [4.69, 9.17) is 4.42 Å². The number of benzene rings is 6. The Bertz CT molecular complexity index is 2130. The second kappa shape index (κ2) is 8.44. The molecule has 0 atom stereocenters. The van der Waals surface area contributed by atoms with Gasteiger partial charge in [-0.05, 0) is 45.7 Å². The molecule has 0 unspecified atom stereocenters. The molecule has 8 aromatic rings. The molecule has 0 fully saturated rings. The molecule has 0 aliphatic rings. The predicted molar refractivity (Wildman–Crippen MR) is 163 cm³/mol. The summed E-state index contributed by atoms with van der Waals surface area (Å²) in [5.74, 6) is 0. The van der Waals surface area contributed by atoms with Gasteiger partial charge in [0.15, 0.2) is 0 Å². The summed E-state index contributed by atoms with van der Waals surface area (Å²) in [6.45, 7) is 0. The second-order valence-corrected chi connectivity index (χ2v) is 10.7. The number of hydrogen-bond donors (Lipinski definition) is 0. The third-order valence-corrected chi connectivity index (χ3v) is 8.80. The average molecular weight is 503 g/mol. The van der Waals surface area contributed by atoms with Gasteiger partial charge >= 0.3 is 0 Å². The van der Waals surface area contributed by atoms with Gasteiger partial charge in [-0.1, -0.05) is 115 Å². The number of hydrogen-bond acceptors (Lipinski definition) is 2. The van der Waals surface area contributed by atoms with Crippen molar-refractivity contribution in [3.63, 3.8) is 0 Å². The highest BCUT2D eigenvalue weighted by Gasteiger charge is 2.18. The van der Waals surface area contributed by atoms with E-state index in [-0.39, 0.29) is 0 Å². The van der Waals surface area contributed by atoms with E-state index in [1.165, 1.54) is 58.9 Å². The zero-order valence-corrected chi connectivity index (χ0v) is 21.3. The van der Waals surface area contributed by atoms with Crippen LogP contribution < -0.4 is 0 Å². The molecular formula is C36H22OS. The van der Waals surface area contributed by atoms with E-state index in [1.54, 1.807) is 0 Å². The molecule has 2 heterocycles. The van der Waals surface area contributed by atoms with Crippen molar-refractivity contribution in [2.45, 2.75) is 0 Å². The first-order valence-electron chi connectivity index (χ1n) is 12.9.